The summed E-state index contributed by atoms with van der Waals surface area (Å²) in [7, 11) is 0. The van der Waals surface area contributed by atoms with Crippen LogP contribution in [0.1, 0.15) is 5.69 Å². The second-order valence-corrected chi connectivity index (χ2v) is 4.52. The summed E-state index contributed by atoms with van der Waals surface area (Å²) in [5, 5.41) is 0. The van der Waals surface area contributed by atoms with Gasteiger partial charge in [0.25, 0.3) is 5.56 Å². The zero-order valence-electron chi connectivity index (χ0n) is 11.1. The lowest BCUT2D eigenvalue weighted by Crippen LogP contribution is -2.15. The van der Waals surface area contributed by atoms with Crippen LogP contribution in [0.5, 0.6) is 0 Å². The van der Waals surface area contributed by atoms with Crippen LogP contribution in [0.15, 0.2) is 59.9 Å². The number of hydrogen-bond acceptors (Lipinski definition) is 3. The Labute approximate surface area is 120 Å². The second kappa shape index (κ2) is 5.34. The molecular weight excluding hydrogens is 271 g/mol. The molecular formula is C15H13FN4O. The number of imidazole rings is 1. The third-order valence-electron chi connectivity index (χ3n) is 3.16. The predicted molar refractivity (Wildman–Crippen MR) is 77.0 cm³/mol. The third-order valence-corrected chi connectivity index (χ3v) is 3.16. The molecule has 0 fully saturated rings. The van der Waals surface area contributed by atoms with Gasteiger partial charge in [0.2, 0.25) is 0 Å². The van der Waals surface area contributed by atoms with Crippen molar-refractivity contribution in [3.05, 3.63) is 77.0 Å². The zero-order chi connectivity index (χ0) is 14.8. The highest BCUT2D eigenvalue weighted by atomic mass is 19.1. The lowest BCUT2D eigenvalue weighted by atomic mass is 10.2. The van der Waals surface area contributed by atoms with E-state index in [-0.39, 0.29) is 5.56 Å². The molecule has 2 aromatic heterocycles. The number of aromatic nitrogens is 3. The molecule has 2 heterocycles. The average Bonchev–Trinajstić information content (AvgIpc) is 2.96. The predicted octanol–water partition coefficient (Wildman–Crippen LogP) is 1.62. The maximum atomic E-state index is 14.3. The van der Waals surface area contributed by atoms with E-state index in [4.69, 9.17) is 5.73 Å². The van der Waals surface area contributed by atoms with Gasteiger partial charge < -0.3 is 10.3 Å². The normalized spacial score (nSPS) is 10.8. The number of benzene rings is 1. The summed E-state index contributed by atoms with van der Waals surface area (Å²) in [5.74, 6) is -0.441. The van der Waals surface area contributed by atoms with Crippen molar-refractivity contribution in [1.82, 2.24) is 14.1 Å². The fourth-order valence-corrected chi connectivity index (χ4v) is 2.10. The van der Waals surface area contributed by atoms with Crippen LogP contribution in [0.4, 0.5) is 4.39 Å². The number of hydrogen-bond donors (Lipinski definition) is 1. The van der Waals surface area contributed by atoms with Gasteiger partial charge >= 0.3 is 0 Å². The van der Waals surface area contributed by atoms with Gasteiger partial charge in [0.15, 0.2) is 0 Å². The van der Waals surface area contributed by atoms with E-state index in [1.54, 1.807) is 41.2 Å². The molecule has 0 aliphatic heterocycles. The number of nitrogens with zero attached hydrogens (tertiary/aromatic N) is 3. The fraction of sp³-hybridized carbons (Fsp3) is 0.0667. The highest BCUT2D eigenvalue weighted by molar-refractivity contribution is 5.43. The van der Waals surface area contributed by atoms with E-state index in [0.29, 0.717) is 23.6 Å². The minimum absolute atomic E-state index is 0.210. The monoisotopic (exact) mass is 284 g/mol. The Kier molecular flexibility index (Phi) is 3.37. The highest BCUT2D eigenvalue weighted by Crippen LogP contribution is 2.17. The smallest absolute Gasteiger partial charge is 0.255 e. The van der Waals surface area contributed by atoms with Crippen molar-refractivity contribution < 1.29 is 4.39 Å². The maximum Gasteiger partial charge on any atom is 0.255 e. The molecule has 0 saturated carbocycles. The third kappa shape index (κ3) is 2.48. The summed E-state index contributed by atoms with van der Waals surface area (Å²) in [4.78, 5) is 15.8. The quantitative estimate of drug-likeness (QED) is 0.795. The van der Waals surface area contributed by atoms with Gasteiger partial charge in [-0.25, -0.2) is 9.37 Å². The highest BCUT2D eigenvalue weighted by Gasteiger charge is 2.08. The van der Waals surface area contributed by atoms with E-state index >= 15 is 0 Å². The molecule has 0 spiro atoms. The topological polar surface area (TPSA) is 65.8 Å². The van der Waals surface area contributed by atoms with Gasteiger partial charge in [0, 0.05) is 31.1 Å². The van der Waals surface area contributed by atoms with Crippen molar-refractivity contribution in [2.24, 2.45) is 5.73 Å². The standard InChI is InChI=1S/C15H13FN4O/c16-13-7-12(20-6-2-1-3-15(20)21)4-5-14(13)19-9-11(8-17)18-10-19/h1-7,9-10H,8,17H2. The summed E-state index contributed by atoms with van der Waals surface area (Å²) < 4.78 is 17.2. The van der Waals surface area contributed by atoms with Crippen molar-refractivity contribution in [3.63, 3.8) is 0 Å². The fourth-order valence-electron chi connectivity index (χ4n) is 2.10. The maximum absolute atomic E-state index is 14.3. The summed E-state index contributed by atoms with van der Waals surface area (Å²) in [6.45, 7) is 0.298. The molecule has 3 aromatic rings. The van der Waals surface area contributed by atoms with Gasteiger partial charge in [-0.1, -0.05) is 6.07 Å². The molecule has 5 nitrogen and oxygen atoms in total. The molecule has 106 valence electrons. The molecule has 0 aliphatic carbocycles. The largest absolute Gasteiger partial charge is 0.325 e. The first-order chi connectivity index (χ1) is 10.2. The van der Waals surface area contributed by atoms with E-state index in [2.05, 4.69) is 4.98 Å². The number of pyridine rings is 1. The first-order valence-electron chi connectivity index (χ1n) is 6.40. The van der Waals surface area contributed by atoms with E-state index in [9.17, 15) is 9.18 Å². The van der Waals surface area contributed by atoms with Crippen molar-refractivity contribution >= 4 is 0 Å². The zero-order valence-corrected chi connectivity index (χ0v) is 11.1. The lowest BCUT2D eigenvalue weighted by Gasteiger charge is -2.08. The lowest BCUT2D eigenvalue weighted by molar-refractivity contribution is 0.616. The molecule has 21 heavy (non-hydrogen) atoms. The minimum Gasteiger partial charge on any atom is -0.325 e. The molecule has 3 rings (SSSR count). The van der Waals surface area contributed by atoms with Crippen LogP contribution in [0.3, 0.4) is 0 Å². The van der Waals surface area contributed by atoms with E-state index < -0.39 is 5.82 Å². The number of halogens is 1. The number of rotatable bonds is 3. The Morgan fingerprint density at radius 1 is 1.24 bits per heavy atom. The van der Waals surface area contributed by atoms with E-state index in [1.165, 1.54) is 23.0 Å². The first kappa shape index (κ1) is 13.3. The molecule has 0 bridgehead atoms. The molecule has 2 N–H and O–H groups in total. The van der Waals surface area contributed by atoms with Crippen LogP contribution in [0, 0.1) is 5.82 Å². The van der Waals surface area contributed by atoms with Crippen LogP contribution in [0.25, 0.3) is 11.4 Å². The molecule has 0 radical (unpaired) electrons. The van der Waals surface area contributed by atoms with Gasteiger partial charge in [-0.15, -0.1) is 0 Å². The Balaban J connectivity index is 2.04. The average molecular weight is 284 g/mol. The van der Waals surface area contributed by atoms with Gasteiger partial charge in [0.1, 0.15) is 5.82 Å². The molecule has 0 unspecified atom stereocenters. The molecule has 0 atom stereocenters. The van der Waals surface area contributed by atoms with Crippen molar-refractivity contribution in [2.45, 2.75) is 6.54 Å². The molecule has 0 aliphatic rings. The van der Waals surface area contributed by atoms with Gasteiger partial charge in [-0.05, 0) is 18.2 Å². The summed E-state index contributed by atoms with van der Waals surface area (Å²) in [6, 6.07) is 9.39. The summed E-state index contributed by atoms with van der Waals surface area (Å²) >= 11 is 0. The molecule has 1 aromatic carbocycles. The van der Waals surface area contributed by atoms with Crippen LogP contribution in [-0.4, -0.2) is 14.1 Å². The Bertz CT molecular complexity index is 837. The van der Waals surface area contributed by atoms with Gasteiger partial charge in [-0.3, -0.25) is 9.36 Å². The summed E-state index contributed by atoms with van der Waals surface area (Å²) in [6.07, 6.45) is 4.78. The SMILES string of the molecule is NCc1cn(-c2ccc(-n3ccccc3=O)cc2F)cn1. The van der Waals surface area contributed by atoms with E-state index in [0.717, 1.165) is 0 Å². The molecule has 0 amide bonds. The van der Waals surface area contributed by atoms with Gasteiger partial charge in [0.05, 0.1) is 23.4 Å². The molecule has 6 heteroatoms. The second-order valence-electron chi connectivity index (χ2n) is 4.52. The van der Waals surface area contributed by atoms with Crippen LogP contribution < -0.4 is 11.3 Å². The Morgan fingerprint density at radius 2 is 2.10 bits per heavy atom. The Hall–Kier alpha value is -2.73. The summed E-state index contributed by atoms with van der Waals surface area (Å²) in [5.41, 5.74) is 6.79. The molecule has 0 saturated heterocycles. The van der Waals surface area contributed by atoms with Crippen LogP contribution in [0.2, 0.25) is 0 Å². The van der Waals surface area contributed by atoms with Crippen LogP contribution in [-0.2, 0) is 6.54 Å². The van der Waals surface area contributed by atoms with Crippen molar-refractivity contribution in [3.8, 4) is 11.4 Å². The van der Waals surface area contributed by atoms with Gasteiger partial charge in [-0.2, -0.15) is 0 Å². The van der Waals surface area contributed by atoms with Crippen molar-refractivity contribution in [1.29, 1.82) is 0 Å². The minimum atomic E-state index is -0.441. The Morgan fingerprint density at radius 3 is 2.76 bits per heavy atom. The van der Waals surface area contributed by atoms with Crippen LogP contribution >= 0.6 is 0 Å². The number of nitrogens with two attached hydrogens (primary N) is 1. The van der Waals surface area contributed by atoms with E-state index in [1.807, 2.05) is 0 Å². The van der Waals surface area contributed by atoms with Crippen molar-refractivity contribution in [2.75, 3.05) is 0 Å². The first-order valence-corrected chi connectivity index (χ1v) is 6.40.